The van der Waals surface area contributed by atoms with E-state index in [2.05, 4.69) is 43.5 Å². The molecule has 1 fully saturated rings. The van der Waals surface area contributed by atoms with Crippen molar-refractivity contribution in [1.82, 2.24) is 10.6 Å². The fraction of sp³-hybridized carbons (Fsp3) is 0.588. The van der Waals surface area contributed by atoms with Gasteiger partial charge in [0.05, 0.1) is 12.0 Å². The van der Waals surface area contributed by atoms with Crippen LogP contribution >= 0.6 is 0 Å². The van der Waals surface area contributed by atoms with Crippen molar-refractivity contribution in [3.05, 3.63) is 35.9 Å². The third-order valence-corrected chi connectivity index (χ3v) is 3.77. The van der Waals surface area contributed by atoms with Crippen LogP contribution in [-0.4, -0.2) is 19.0 Å². The lowest BCUT2D eigenvalue weighted by molar-refractivity contribution is -0.125. The van der Waals surface area contributed by atoms with Crippen molar-refractivity contribution in [2.24, 2.45) is 11.3 Å². The maximum absolute atomic E-state index is 12.4. The highest BCUT2D eigenvalue weighted by atomic mass is 16.2. The topological polar surface area (TPSA) is 41.1 Å². The second-order valence-corrected chi connectivity index (χ2v) is 6.93. The van der Waals surface area contributed by atoms with Crippen LogP contribution in [0.5, 0.6) is 0 Å². The van der Waals surface area contributed by atoms with E-state index in [1.807, 2.05) is 18.2 Å². The van der Waals surface area contributed by atoms with Crippen molar-refractivity contribution in [3.63, 3.8) is 0 Å². The molecule has 2 unspecified atom stereocenters. The van der Waals surface area contributed by atoms with Crippen molar-refractivity contribution in [2.75, 3.05) is 13.1 Å². The lowest BCUT2D eigenvalue weighted by Gasteiger charge is -2.28. The largest absolute Gasteiger partial charge is 0.349 e. The number of hydrogen-bond acceptors (Lipinski definition) is 2. The summed E-state index contributed by atoms with van der Waals surface area (Å²) < 4.78 is 0. The summed E-state index contributed by atoms with van der Waals surface area (Å²) in [5, 5.41) is 6.51. The van der Waals surface area contributed by atoms with Crippen LogP contribution in [0.1, 0.15) is 45.2 Å². The van der Waals surface area contributed by atoms with Gasteiger partial charge in [0.15, 0.2) is 0 Å². The molecule has 0 spiro atoms. The summed E-state index contributed by atoms with van der Waals surface area (Å²) in [6.07, 6.45) is 1.89. The first-order chi connectivity index (χ1) is 9.46. The van der Waals surface area contributed by atoms with Gasteiger partial charge in [-0.15, -0.1) is 0 Å². The number of rotatable bonds is 4. The summed E-state index contributed by atoms with van der Waals surface area (Å²) in [5.41, 5.74) is 1.38. The molecular formula is C17H26N2O. The summed E-state index contributed by atoms with van der Waals surface area (Å²) >= 11 is 0. The van der Waals surface area contributed by atoms with E-state index in [-0.39, 0.29) is 23.3 Å². The zero-order valence-corrected chi connectivity index (χ0v) is 12.8. The summed E-state index contributed by atoms with van der Waals surface area (Å²) in [4.78, 5) is 12.4. The standard InChI is InChI=1S/C17H26N2O/c1-17(2,3)11-15(13-7-5-4-6-8-13)19-16(20)14-9-10-18-12-14/h4-8,14-15,18H,9-12H2,1-3H3,(H,19,20). The van der Waals surface area contributed by atoms with E-state index in [1.54, 1.807) is 0 Å². The summed E-state index contributed by atoms with van der Waals surface area (Å²) in [6, 6.07) is 10.4. The van der Waals surface area contributed by atoms with Crippen LogP contribution in [0.4, 0.5) is 0 Å². The Kier molecular flexibility index (Phi) is 4.81. The minimum absolute atomic E-state index is 0.101. The Morgan fingerprint density at radius 2 is 2.05 bits per heavy atom. The average Bonchev–Trinajstić information content (AvgIpc) is 2.91. The highest BCUT2D eigenvalue weighted by molar-refractivity contribution is 5.79. The highest BCUT2D eigenvalue weighted by Gasteiger charge is 2.27. The molecule has 2 rings (SSSR count). The number of nitrogens with one attached hydrogen (secondary N) is 2. The molecule has 1 aliphatic heterocycles. The Morgan fingerprint density at radius 3 is 2.60 bits per heavy atom. The number of carbonyl (C=O) groups is 1. The molecule has 0 saturated carbocycles. The lowest BCUT2D eigenvalue weighted by atomic mass is 9.85. The molecule has 1 amide bonds. The maximum Gasteiger partial charge on any atom is 0.224 e. The summed E-state index contributed by atoms with van der Waals surface area (Å²) in [6.45, 7) is 8.40. The molecule has 3 heteroatoms. The van der Waals surface area contributed by atoms with Crippen molar-refractivity contribution in [3.8, 4) is 0 Å². The number of carbonyl (C=O) groups excluding carboxylic acids is 1. The van der Waals surface area contributed by atoms with Gasteiger partial charge in [0.2, 0.25) is 5.91 Å². The van der Waals surface area contributed by atoms with Gasteiger partial charge in [0.25, 0.3) is 0 Å². The van der Waals surface area contributed by atoms with Gasteiger partial charge in [-0.05, 0) is 30.4 Å². The predicted molar refractivity (Wildman–Crippen MR) is 82.4 cm³/mol. The summed E-state index contributed by atoms with van der Waals surface area (Å²) in [5.74, 6) is 0.314. The van der Waals surface area contributed by atoms with Crippen molar-refractivity contribution in [2.45, 2.75) is 39.7 Å². The fourth-order valence-corrected chi connectivity index (χ4v) is 2.72. The number of hydrogen-bond donors (Lipinski definition) is 2. The third-order valence-electron chi connectivity index (χ3n) is 3.77. The van der Waals surface area contributed by atoms with Gasteiger partial charge in [0, 0.05) is 6.54 Å². The fourth-order valence-electron chi connectivity index (χ4n) is 2.72. The molecular weight excluding hydrogens is 248 g/mol. The number of amides is 1. The lowest BCUT2D eigenvalue weighted by Crippen LogP contribution is -2.36. The summed E-state index contributed by atoms with van der Waals surface area (Å²) in [7, 11) is 0. The molecule has 0 aliphatic carbocycles. The van der Waals surface area contributed by atoms with Gasteiger partial charge in [-0.2, -0.15) is 0 Å². The quantitative estimate of drug-likeness (QED) is 0.886. The van der Waals surface area contributed by atoms with Crippen LogP contribution in [-0.2, 0) is 4.79 Å². The first-order valence-corrected chi connectivity index (χ1v) is 7.52. The van der Waals surface area contributed by atoms with Crippen LogP contribution in [0, 0.1) is 11.3 Å². The Balaban J connectivity index is 2.08. The molecule has 0 bridgehead atoms. The minimum Gasteiger partial charge on any atom is -0.349 e. The molecule has 2 atom stereocenters. The van der Waals surface area contributed by atoms with Crippen LogP contribution in [0.15, 0.2) is 30.3 Å². The minimum atomic E-state index is 0.101. The SMILES string of the molecule is CC(C)(C)CC(NC(=O)C1CCNC1)c1ccccc1. The smallest absolute Gasteiger partial charge is 0.224 e. The Labute approximate surface area is 122 Å². The van der Waals surface area contributed by atoms with Crippen molar-refractivity contribution < 1.29 is 4.79 Å². The Hall–Kier alpha value is -1.35. The van der Waals surface area contributed by atoms with Gasteiger partial charge in [-0.25, -0.2) is 0 Å². The van der Waals surface area contributed by atoms with Gasteiger partial charge in [0.1, 0.15) is 0 Å². The average molecular weight is 274 g/mol. The zero-order chi connectivity index (χ0) is 14.6. The van der Waals surface area contributed by atoms with E-state index in [4.69, 9.17) is 0 Å². The first kappa shape index (κ1) is 15.0. The monoisotopic (exact) mass is 274 g/mol. The van der Waals surface area contributed by atoms with Crippen molar-refractivity contribution >= 4 is 5.91 Å². The Morgan fingerprint density at radius 1 is 1.35 bits per heavy atom. The van der Waals surface area contributed by atoms with E-state index in [0.29, 0.717) is 0 Å². The van der Waals surface area contributed by atoms with Crippen LogP contribution in [0.3, 0.4) is 0 Å². The molecule has 2 N–H and O–H groups in total. The van der Waals surface area contributed by atoms with E-state index in [1.165, 1.54) is 5.56 Å². The normalized spacial score (nSPS) is 20.6. The molecule has 1 heterocycles. The first-order valence-electron chi connectivity index (χ1n) is 7.52. The molecule has 1 aromatic carbocycles. The molecule has 0 radical (unpaired) electrons. The van der Waals surface area contributed by atoms with Gasteiger partial charge in [-0.1, -0.05) is 51.1 Å². The van der Waals surface area contributed by atoms with Crippen molar-refractivity contribution in [1.29, 1.82) is 0 Å². The van der Waals surface area contributed by atoms with Crippen LogP contribution in [0.25, 0.3) is 0 Å². The van der Waals surface area contributed by atoms with E-state index < -0.39 is 0 Å². The molecule has 20 heavy (non-hydrogen) atoms. The molecule has 1 saturated heterocycles. The number of benzene rings is 1. The molecule has 110 valence electrons. The van der Waals surface area contributed by atoms with Gasteiger partial charge < -0.3 is 10.6 Å². The van der Waals surface area contributed by atoms with Gasteiger partial charge in [-0.3, -0.25) is 4.79 Å². The van der Waals surface area contributed by atoms with E-state index >= 15 is 0 Å². The Bertz CT molecular complexity index is 430. The van der Waals surface area contributed by atoms with Crippen LogP contribution < -0.4 is 10.6 Å². The second kappa shape index (κ2) is 6.40. The van der Waals surface area contributed by atoms with E-state index in [0.717, 1.165) is 25.9 Å². The zero-order valence-electron chi connectivity index (χ0n) is 12.8. The molecule has 3 nitrogen and oxygen atoms in total. The molecule has 0 aromatic heterocycles. The van der Waals surface area contributed by atoms with Crippen LogP contribution in [0.2, 0.25) is 0 Å². The van der Waals surface area contributed by atoms with Gasteiger partial charge >= 0.3 is 0 Å². The molecule has 1 aliphatic rings. The molecule has 1 aromatic rings. The second-order valence-electron chi connectivity index (χ2n) is 6.93. The maximum atomic E-state index is 12.4. The van der Waals surface area contributed by atoms with E-state index in [9.17, 15) is 4.79 Å². The highest BCUT2D eigenvalue weighted by Crippen LogP contribution is 2.29. The third kappa shape index (κ3) is 4.34. The predicted octanol–water partition coefficient (Wildman–Crippen LogP) is 2.89.